The molecule has 0 spiro atoms. The van der Waals surface area contributed by atoms with Gasteiger partial charge in [0.25, 0.3) is 5.91 Å². The van der Waals surface area contributed by atoms with Gasteiger partial charge in [0, 0.05) is 27.7 Å². The van der Waals surface area contributed by atoms with Crippen LogP contribution in [0.2, 0.25) is 5.02 Å². The zero-order chi connectivity index (χ0) is 19.9. The SMILES string of the molecule is O=C(Nc1c2c(nn1-c1cccc(Cl)c1)CSC2)c1ccc(C(F)(F)F)cc1. The molecule has 0 bridgehead atoms. The van der Waals surface area contributed by atoms with Gasteiger partial charge in [-0.25, -0.2) is 4.68 Å². The largest absolute Gasteiger partial charge is 0.416 e. The first-order valence-corrected chi connectivity index (χ1v) is 9.79. The molecule has 4 rings (SSSR count). The van der Waals surface area contributed by atoms with Crippen molar-refractivity contribution in [3.8, 4) is 5.69 Å². The highest BCUT2D eigenvalue weighted by Gasteiger charge is 2.30. The Kier molecular flexibility index (Phi) is 4.84. The zero-order valence-electron chi connectivity index (χ0n) is 14.3. The Morgan fingerprint density at radius 1 is 1.14 bits per heavy atom. The van der Waals surface area contributed by atoms with Gasteiger partial charge in [-0.3, -0.25) is 4.79 Å². The number of nitrogens with zero attached hydrogens (tertiary/aromatic N) is 2. The summed E-state index contributed by atoms with van der Waals surface area (Å²) in [4.78, 5) is 12.7. The lowest BCUT2D eigenvalue weighted by molar-refractivity contribution is -0.137. The molecule has 0 aliphatic carbocycles. The minimum Gasteiger partial charge on any atom is -0.306 e. The van der Waals surface area contributed by atoms with Crippen molar-refractivity contribution in [2.75, 3.05) is 5.32 Å². The van der Waals surface area contributed by atoms with E-state index in [1.54, 1.807) is 34.6 Å². The quantitative estimate of drug-likeness (QED) is 0.601. The van der Waals surface area contributed by atoms with Crippen LogP contribution in [0.4, 0.5) is 19.0 Å². The fraction of sp³-hybridized carbons (Fsp3) is 0.158. The predicted octanol–water partition coefficient (Wildman–Crippen LogP) is 5.54. The van der Waals surface area contributed by atoms with Crippen molar-refractivity contribution in [1.29, 1.82) is 0 Å². The van der Waals surface area contributed by atoms with Crippen LogP contribution >= 0.6 is 23.4 Å². The summed E-state index contributed by atoms with van der Waals surface area (Å²) in [7, 11) is 0. The van der Waals surface area contributed by atoms with E-state index in [4.69, 9.17) is 11.6 Å². The molecule has 28 heavy (non-hydrogen) atoms. The van der Waals surface area contributed by atoms with Crippen LogP contribution in [0.15, 0.2) is 48.5 Å². The molecule has 1 aliphatic heterocycles. The number of hydrogen-bond donors (Lipinski definition) is 1. The molecule has 2 heterocycles. The molecule has 0 fully saturated rings. The second-order valence-corrected chi connectivity index (χ2v) is 7.61. The van der Waals surface area contributed by atoms with Crippen molar-refractivity contribution in [3.63, 3.8) is 0 Å². The molecule has 4 nitrogen and oxygen atoms in total. The number of benzene rings is 2. The average Bonchev–Trinajstić information content (AvgIpc) is 3.24. The van der Waals surface area contributed by atoms with Gasteiger partial charge in [-0.05, 0) is 42.5 Å². The van der Waals surface area contributed by atoms with Crippen molar-refractivity contribution in [1.82, 2.24) is 9.78 Å². The van der Waals surface area contributed by atoms with Crippen molar-refractivity contribution >= 4 is 35.1 Å². The van der Waals surface area contributed by atoms with Crippen LogP contribution in [0.3, 0.4) is 0 Å². The van der Waals surface area contributed by atoms with Crippen LogP contribution in [0.1, 0.15) is 27.2 Å². The topological polar surface area (TPSA) is 46.9 Å². The van der Waals surface area contributed by atoms with Gasteiger partial charge >= 0.3 is 6.18 Å². The Morgan fingerprint density at radius 3 is 2.57 bits per heavy atom. The zero-order valence-corrected chi connectivity index (χ0v) is 15.8. The summed E-state index contributed by atoms with van der Waals surface area (Å²) in [5, 5.41) is 7.91. The van der Waals surface area contributed by atoms with Gasteiger partial charge in [0.1, 0.15) is 5.82 Å². The Hall–Kier alpha value is -2.45. The number of carbonyl (C=O) groups is 1. The fourth-order valence-electron chi connectivity index (χ4n) is 2.93. The molecule has 0 radical (unpaired) electrons. The number of rotatable bonds is 3. The smallest absolute Gasteiger partial charge is 0.306 e. The first kappa shape index (κ1) is 18.9. The lowest BCUT2D eigenvalue weighted by Gasteiger charge is -2.12. The number of nitrogens with one attached hydrogen (secondary N) is 1. The third-order valence-electron chi connectivity index (χ3n) is 4.31. The predicted molar refractivity (Wildman–Crippen MR) is 103 cm³/mol. The lowest BCUT2D eigenvalue weighted by atomic mass is 10.1. The molecule has 1 amide bonds. The molecule has 0 unspecified atom stereocenters. The van der Waals surface area contributed by atoms with Crippen LogP contribution in [-0.2, 0) is 17.7 Å². The normalized spacial score (nSPS) is 13.4. The third kappa shape index (κ3) is 3.62. The first-order valence-electron chi connectivity index (χ1n) is 8.26. The summed E-state index contributed by atoms with van der Waals surface area (Å²) in [6.45, 7) is 0. The first-order chi connectivity index (χ1) is 13.3. The number of thioether (sulfide) groups is 1. The Labute approximate surface area is 167 Å². The van der Waals surface area contributed by atoms with Gasteiger partial charge < -0.3 is 5.32 Å². The molecule has 9 heteroatoms. The number of fused-ring (bicyclic) bond motifs is 1. The average molecular weight is 424 g/mol. The van der Waals surface area contributed by atoms with Crippen LogP contribution in [-0.4, -0.2) is 15.7 Å². The van der Waals surface area contributed by atoms with E-state index in [0.717, 1.165) is 41.3 Å². The molecular weight excluding hydrogens is 411 g/mol. The van der Waals surface area contributed by atoms with Gasteiger partial charge in [-0.2, -0.15) is 30.0 Å². The molecule has 2 aromatic carbocycles. The number of aromatic nitrogens is 2. The van der Waals surface area contributed by atoms with Gasteiger partial charge in [0.15, 0.2) is 0 Å². The van der Waals surface area contributed by atoms with Crippen molar-refractivity contribution < 1.29 is 18.0 Å². The molecule has 1 aliphatic rings. The molecule has 0 atom stereocenters. The van der Waals surface area contributed by atoms with Crippen LogP contribution in [0, 0.1) is 0 Å². The van der Waals surface area contributed by atoms with Gasteiger partial charge in [0.2, 0.25) is 0 Å². The summed E-state index contributed by atoms with van der Waals surface area (Å²) in [5.41, 5.74) is 1.80. The number of alkyl halides is 3. The number of halogens is 4. The Morgan fingerprint density at radius 2 is 1.89 bits per heavy atom. The van der Waals surface area contributed by atoms with E-state index in [9.17, 15) is 18.0 Å². The second kappa shape index (κ2) is 7.18. The summed E-state index contributed by atoms with van der Waals surface area (Å²) >= 11 is 7.75. The summed E-state index contributed by atoms with van der Waals surface area (Å²) in [6.07, 6.45) is -4.45. The third-order valence-corrected chi connectivity index (χ3v) is 5.52. The van der Waals surface area contributed by atoms with E-state index in [-0.39, 0.29) is 5.56 Å². The van der Waals surface area contributed by atoms with E-state index in [0.29, 0.717) is 22.3 Å². The summed E-state index contributed by atoms with van der Waals surface area (Å²) in [6, 6.07) is 11.2. The molecule has 0 saturated heterocycles. The van der Waals surface area contributed by atoms with Gasteiger partial charge in [-0.15, -0.1) is 0 Å². The molecule has 144 valence electrons. The monoisotopic (exact) mass is 423 g/mol. The molecule has 1 aromatic heterocycles. The maximum absolute atomic E-state index is 12.7. The van der Waals surface area contributed by atoms with E-state index >= 15 is 0 Å². The van der Waals surface area contributed by atoms with Crippen molar-refractivity contribution in [3.05, 3.63) is 75.9 Å². The highest BCUT2D eigenvalue weighted by Crippen LogP contribution is 2.36. The number of amides is 1. The molecule has 0 saturated carbocycles. The summed E-state index contributed by atoms with van der Waals surface area (Å²) < 4.78 is 39.8. The van der Waals surface area contributed by atoms with Crippen LogP contribution in [0.5, 0.6) is 0 Å². The maximum Gasteiger partial charge on any atom is 0.416 e. The molecule has 1 N–H and O–H groups in total. The van der Waals surface area contributed by atoms with Crippen molar-refractivity contribution in [2.24, 2.45) is 0 Å². The fourth-order valence-corrected chi connectivity index (χ4v) is 4.15. The van der Waals surface area contributed by atoms with E-state index < -0.39 is 17.6 Å². The van der Waals surface area contributed by atoms with Crippen molar-refractivity contribution in [2.45, 2.75) is 17.7 Å². The van der Waals surface area contributed by atoms with Crippen LogP contribution < -0.4 is 5.32 Å². The Balaban J connectivity index is 1.67. The van der Waals surface area contributed by atoms with E-state index in [1.807, 2.05) is 6.07 Å². The lowest BCUT2D eigenvalue weighted by Crippen LogP contribution is -2.16. The molecular formula is C19H13ClF3N3OS. The maximum atomic E-state index is 12.7. The van der Waals surface area contributed by atoms with Gasteiger partial charge in [-0.1, -0.05) is 17.7 Å². The van der Waals surface area contributed by atoms with E-state index in [1.165, 1.54) is 0 Å². The highest BCUT2D eigenvalue weighted by atomic mass is 35.5. The standard InChI is InChI=1S/C19H13ClF3N3OS/c20-13-2-1-3-14(8-13)26-17(15-9-28-10-16(15)25-26)24-18(27)11-4-6-12(7-5-11)19(21,22)23/h1-8H,9-10H2,(H,24,27). The van der Waals surface area contributed by atoms with Gasteiger partial charge in [0.05, 0.1) is 16.9 Å². The van der Waals surface area contributed by atoms with E-state index in [2.05, 4.69) is 10.4 Å². The summed E-state index contributed by atoms with van der Waals surface area (Å²) in [5.74, 6) is 1.42. The minimum atomic E-state index is -4.45. The molecule has 3 aromatic rings. The number of hydrogen-bond acceptors (Lipinski definition) is 3. The number of anilines is 1. The second-order valence-electron chi connectivity index (χ2n) is 6.19. The highest BCUT2D eigenvalue weighted by molar-refractivity contribution is 7.98. The number of carbonyl (C=O) groups excluding carboxylic acids is 1. The Bertz CT molecular complexity index is 1050. The minimum absolute atomic E-state index is 0.131. The van der Waals surface area contributed by atoms with Crippen LogP contribution in [0.25, 0.3) is 5.69 Å².